The predicted octanol–water partition coefficient (Wildman–Crippen LogP) is 3.98. The lowest BCUT2D eigenvalue weighted by Crippen LogP contribution is -2.36. The Morgan fingerprint density at radius 3 is 2.55 bits per heavy atom. The lowest BCUT2D eigenvalue weighted by molar-refractivity contribution is -0.139. The third kappa shape index (κ3) is 6.63. The Labute approximate surface area is 171 Å². The van der Waals surface area contributed by atoms with Crippen LogP contribution < -0.4 is 10.5 Å². The molecule has 0 amide bonds. The van der Waals surface area contributed by atoms with Gasteiger partial charge in [-0.2, -0.15) is 13.2 Å². The third-order valence-corrected chi connectivity index (χ3v) is 5.40. The van der Waals surface area contributed by atoms with Gasteiger partial charge in [-0.1, -0.05) is 31.1 Å². The highest BCUT2D eigenvalue weighted by Gasteiger charge is 2.35. The second-order valence-electron chi connectivity index (χ2n) is 6.86. The summed E-state index contributed by atoms with van der Waals surface area (Å²) in [5.74, 6) is -0.262. The Kier molecular flexibility index (Phi) is 8.38. The van der Waals surface area contributed by atoms with Crippen molar-refractivity contribution in [3.8, 4) is 16.3 Å². The SMILES string of the molecule is CCCCCOCCOc1ccc(-c2nnc([C@@](C)(N)CO)s2)cc1C(F)(F)F. The Hall–Kier alpha value is -1.75. The lowest BCUT2D eigenvalue weighted by atomic mass is 10.1. The number of rotatable bonds is 11. The van der Waals surface area contributed by atoms with Crippen LogP contribution in [0.5, 0.6) is 5.75 Å². The molecule has 0 aliphatic carbocycles. The highest BCUT2D eigenvalue weighted by molar-refractivity contribution is 7.14. The predicted molar refractivity (Wildman–Crippen MR) is 105 cm³/mol. The van der Waals surface area contributed by atoms with Crippen LogP contribution in [0.25, 0.3) is 10.6 Å². The molecule has 0 fully saturated rings. The van der Waals surface area contributed by atoms with Crippen LogP contribution in [0, 0.1) is 0 Å². The van der Waals surface area contributed by atoms with Crippen molar-refractivity contribution < 1.29 is 27.8 Å². The molecule has 162 valence electrons. The summed E-state index contributed by atoms with van der Waals surface area (Å²) in [6, 6.07) is 3.74. The second kappa shape index (κ2) is 10.3. The number of nitrogens with two attached hydrogens (primary N) is 1. The highest BCUT2D eigenvalue weighted by Crippen LogP contribution is 2.39. The molecule has 0 unspecified atom stereocenters. The topological polar surface area (TPSA) is 90.5 Å². The summed E-state index contributed by atoms with van der Waals surface area (Å²) in [5, 5.41) is 17.7. The molecule has 0 saturated heterocycles. The Bertz CT molecular complexity index is 782. The smallest absolute Gasteiger partial charge is 0.419 e. The summed E-state index contributed by atoms with van der Waals surface area (Å²) >= 11 is 1.04. The molecule has 0 spiro atoms. The number of unbranched alkanes of at least 4 members (excludes halogenated alkanes) is 2. The number of hydrogen-bond acceptors (Lipinski definition) is 7. The van der Waals surface area contributed by atoms with Gasteiger partial charge < -0.3 is 20.3 Å². The molecule has 2 aromatic rings. The van der Waals surface area contributed by atoms with Gasteiger partial charge in [0.2, 0.25) is 0 Å². The van der Waals surface area contributed by atoms with E-state index in [0.29, 0.717) is 11.6 Å². The number of ether oxygens (including phenoxy) is 2. The summed E-state index contributed by atoms with van der Waals surface area (Å²) in [4.78, 5) is 0. The van der Waals surface area contributed by atoms with Gasteiger partial charge in [-0.3, -0.25) is 0 Å². The minimum Gasteiger partial charge on any atom is -0.491 e. The zero-order valence-electron chi connectivity index (χ0n) is 16.5. The van der Waals surface area contributed by atoms with E-state index in [4.69, 9.17) is 15.2 Å². The number of halogens is 3. The lowest BCUT2D eigenvalue weighted by Gasteiger charge is -2.17. The Morgan fingerprint density at radius 2 is 1.90 bits per heavy atom. The molecule has 1 aromatic heterocycles. The van der Waals surface area contributed by atoms with Gasteiger partial charge in [0.25, 0.3) is 0 Å². The van der Waals surface area contributed by atoms with Gasteiger partial charge in [0.15, 0.2) is 0 Å². The first-order valence-corrected chi connectivity index (χ1v) is 10.2. The maximum atomic E-state index is 13.5. The normalized spacial score (nSPS) is 14.0. The molecule has 1 atom stereocenters. The molecular weight excluding hydrogens is 407 g/mol. The van der Waals surface area contributed by atoms with Crippen molar-refractivity contribution in [1.29, 1.82) is 0 Å². The minimum atomic E-state index is -4.59. The number of aliphatic hydroxyl groups excluding tert-OH is 1. The molecule has 1 heterocycles. The van der Waals surface area contributed by atoms with E-state index in [1.54, 1.807) is 6.92 Å². The second-order valence-corrected chi connectivity index (χ2v) is 7.84. The summed E-state index contributed by atoms with van der Waals surface area (Å²) < 4.78 is 51.2. The van der Waals surface area contributed by atoms with E-state index < -0.39 is 17.3 Å². The standard InChI is InChI=1S/C19H26F3N3O3S/c1-3-4-5-8-27-9-10-28-15-7-6-13(11-14(15)19(20,21)22)16-24-25-17(29-16)18(2,23)12-26/h6-7,11,26H,3-5,8-10,12,23H2,1-2H3/t18-/m0/s1. The molecule has 0 saturated carbocycles. The van der Waals surface area contributed by atoms with Crippen molar-refractivity contribution in [2.75, 3.05) is 26.4 Å². The number of nitrogens with zero attached hydrogens (tertiary/aromatic N) is 2. The van der Waals surface area contributed by atoms with Gasteiger partial charge in [0, 0.05) is 12.2 Å². The average molecular weight is 433 g/mol. The van der Waals surface area contributed by atoms with Crippen molar-refractivity contribution >= 4 is 11.3 Å². The fourth-order valence-electron chi connectivity index (χ4n) is 2.42. The van der Waals surface area contributed by atoms with Crippen LogP contribution in [0.3, 0.4) is 0 Å². The first kappa shape index (κ1) is 23.5. The summed E-state index contributed by atoms with van der Waals surface area (Å²) in [5.41, 5.74) is 4.15. The Balaban J connectivity index is 2.12. The van der Waals surface area contributed by atoms with Crippen molar-refractivity contribution in [1.82, 2.24) is 10.2 Å². The van der Waals surface area contributed by atoms with Gasteiger partial charge >= 0.3 is 6.18 Å². The first-order valence-electron chi connectivity index (χ1n) is 9.35. The van der Waals surface area contributed by atoms with Gasteiger partial charge in [-0.05, 0) is 31.5 Å². The van der Waals surface area contributed by atoms with Crippen LogP contribution in [-0.2, 0) is 16.5 Å². The average Bonchev–Trinajstić information content (AvgIpc) is 3.18. The van der Waals surface area contributed by atoms with Gasteiger partial charge in [0.05, 0.1) is 24.3 Å². The molecule has 0 aliphatic heterocycles. The van der Waals surface area contributed by atoms with Crippen molar-refractivity contribution in [3.05, 3.63) is 28.8 Å². The molecule has 1 aromatic carbocycles. The number of aliphatic hydroxyl groups is 1. The number of alkyl halides is 3. The van der Waals surface area contributed by atoms with E-state index in [9.17, 15) is 18.3 Å². The number of aromatic nitrogens is 2. The van der Waals surface area contributed by atoms with Crippen LogP contribution in [0.2, 0.25) is 0 Å². The molecule has 29 heavy (non-hydrogen) atoms. The largest absolute Gasteiger partial charge is 0.491 e. The zero-order chi connectivity index (χ0) is 21.5. The third-order valence-electron chi connectivity index (χ3n) is 4.15. The van der Waals surface area contributed by atoms with Gasteiger partial charge in [-0.25, -0.2) is 0 Å². The minimum absolute atomic E-state index is 0.0273. The molecule has 0 radical (unpaired) electrons. The monoisotopic (exact) mass is 433 g/mol. The van der Waals surface area contributed by atoms with E-state index in [-0.39, 0.29) is 36.1 Å². The molecule has 6 nitrogen and oxygen atoms in total. The molecule has 0 aliphatic rings. The summed E-state index contributed by atoms with van der Waals surface area (Å²) in [6.07, 6.45) is -1.55. The van der Waals surface area contributed by atoms with Crippen LogP contribution in [-0.4, -0.2) is 41.7 Å². The first-order chi connectivity index (χ1) is 13.7. The van der Waals surface area contributed by atoms with E-state index in [2.05, 4.69) is 17.1 Å². The van der Waals surface area contributed by atoms with Gasteiger partial charge in [-0.15, -0.1) is 10.2 Å². The van der Waals surface area contributed by atoms with E-state index >= 15 is 0 Å². The Morgan fingerprint density at radius 1 is 1.14 bits per heavy atom. The van der Waals surface area contributed by atoms with Crippen LogP contribution >= 0.6 is 11.3 Å². The zero-order valence-corrected chi connectivity index (χ0v) is 17.3. The fourth-order valence-corrected chi connectivity index (χ4v) is 3.30. The summed E-state index contributed by atoms with van der Waals surface area (Å²) in [7, 11) is 0. The van der Waals surface area contributed by atoms with Crippen molar-refractivity contribution in [2.45, 2.75) is 44.8 Å². The molecule has 2 rings (SSSR count). The number of hydrogen-bond donors (Lipinski definition) is 2. The van der Waals surface area contributed by atoms with E-state index in [1.807, 2.05) is 0 Å². The highest BCUT2D eigenvalue weighted by atomic mass is 32.1. The van der Waals surface area contributed by atoms with Gasteiger partial charge in [0.1, 0.15) is 22.4 Å². The van der Waals surface area contributed by atoms with Crippen LogP contribution in [0.1, 0.15) is 43.7 Å². The van der Waals surface area contributed by atoms with E-state index in [0.717, 1.165) is 36.7 Å². The van der Waals surface area contributed by atoms with Crippen LogP contribution in [0.15, 0.2) is 18.2 Å². The number of benzene rings is 1. The van der Waals surface area contributed by atoms with Crippen molar-refractivity contribution in [2.24, 2.45) is 5.73 Å². The quantitative estimate of drug-likeness (QED) is 0.521. The maximum Gasteiger partial charge on any atom is 0.419 e. The molecular formula is C19H26F3N3O3S. The maximum absolute atomic E-state index is 13.5. The van der Waals surface area contributed by atoms with E-state index in [1.165, 1.54) is 12.1 Å². The molecule has 10 heteroatoms. The fraction of sp³-hybridized carbons (Fsp3) is 0.579. The molecule has 0 bridgehead atoms. The summed E-state index contributed by atoms with van der Waals surface area (Å²) in [6.45, 7) is 4.10. The van der Waals surface area contributed by atoms with Crippen molar-refractivity contribution in [3.63, 3.8) is 0 Å². The molecule has 3 N–H and O–H groups in total. The van der Waals surface area contributed by atoms with Crippen LogP contribution in [0.4, 0.5) is 13.2 Å².